The number of hydrogen-bond acceptors (Lipinski definition) is 2. The molecule has 2 aromatic carbocycles. The molecule has 4 heteroatoms. The Morgan fingerprint density at radius 2 is 1.95 bits per heavy atom. The number of halogens is 1. The summed E-state index contributed by atoms with van der Waals surface area (Å²) < 4.78 is 13.3. The van der Waals surface area contributed by atoms with Gasteiger partial charge in [-0.05, 0) is 30.2 Å². The fraction of sp³-hybridized carbons (Fsp3) is 0.235. The van der Waals surface area contributed by atoms with E-state index in [1.807, 2.05) is 23.1 Å². The predicted molar refractivity (Wildman–Crippen MR) is 79.4 cm³/mol. The number of rotatable bonds is 3. The summed E-state index contributed by atoms with van der Waals surface area (Å²) in [5, 5.41) is 9.24. The third kappa shape index (κ3) is 2.75. The molecule has 0 bridgehead atoms. The second-order valence-electron chi connectivity index (χ2n) is 5.31. The van der Waals surface area contributed by atoms with E-state index in [2.05, 4.69) is 12.1 Å². The van der Waals surface area contributed by atoms with Crippen molar-refractivity contribution in [2.75, 3.05) is 18.0 Å². The van der Waals surface area contributed by atoms with E-state index in [4.69, 9.17) is 0 Å². The van der Waals surface area contributed by atoms with Crippen LogP contribution in [-0.2, 0) is 0 Å². The van der Waals surface area contributed by atoms with Crippen LogP contribution >= 0.6 is 0 Å². The highest BCUT2D eigenvalue weighted by Crippen LogP contribution is 2.32. The monoisotopic (exact) mass is 285 g/mol. The molecular formula is C17H16FNO2. The first-order valence-corrected chi connectivity index (χ1v) is 6.98. The number of carboxylic acids is 1. The quantitative estimate of drug-likeness (QED) is 0.938. The summed E-state index contributed by atoms with van der Waals surface area (Å²) in [7, 11) is 0. The van der Waals surface area contributed by atoms with E-state index in [9.17, 15) is 14.3 Å². The lowest BCUT2D eigenvalue weighted by Crippen LogP contribution is -2.22. The standard InChI is InChI=1S/C17H16FNO2/c18-14-6-7-16(15(10-14)17(20)21)19-9-8-13(11-19)12-4-2-1-3-5-12/h1-7,10,13H,8-9,11H2,(H,20,21). The Hall–Kier alpha value is -2.36. The van der Waals surface area contributed by atoms with Crippen LogP contribution in [0, 0.1) is 5.82 Å². The fourth-order valence-corrected chi connectivity index (χ4v) is 2.93. The summed E-state index contributed by atoms with van der Waals surface area (Å²) in [6, 6.07) is 14.2. The van der Waals surface area contributed by atoms with E-state index in [1.165, 1.54) is 11.6 Å². The fourth-order valence-electron chi connectivity index (χ4n) is 2.93. The minimum Gasteiger partial charge on any atom is -0.478 e. The smallest absolute Gasteiger partial charge is 0.337 e. The number of carbonyl (C=O) groups is 1. The molecule has 2 aromatic rings. The van der Waals surface area contributed by atoms with Crippen molar-refractivity contribution >= 4 is 11.7 Å². The van der Waals surface area contributed by atoms with Crippen molar-refractivity contribution in [1.82, 2.24) is 0 Å². The van der Waals surface area contributed by atoms with Gasteiger partial charge >= 0.3 is 5.97 Å². The molecule has 3 nitrogen and oxygen atoms in total. The normalized spacial score (nSPS) is 18.0. The second-order valence-corrected chi connectivity index (χ2v) is 5.31. The Morgan fingerprint density at radius 3 is 2.67 bits per heavy atom. The van der Waals surface area contributed by atoms with Crippen LogP contribution < -0.4 is 4.90 Å². The van der Waals surface area contributed by atoms with Crippen LogP contribution in [-0.4, -0.2) is 24.2 Å². The first kappa shape index (κ1) is 13.6. The van der Waals surface area contributed by atoms with Gasteiger partial charge in [0.1, 0.15) is 5.82 Å². The van der Waals surface area contributed by atoms with Crippen LogP contribution in [0.1, 0.15) is 28.3 Å². The molecule has 1 fully saturated rings. The lowest BCUT2D eigenvalue weighted by Gasteiger charge is -2.21. The molecule has 1 saturated heterocycles. The lowest BCUT2D eigenvalue weighted by atomic mass is 9.99. The molecule has 1 N–H and O–H groups in total. The highest BCUT2D eigenvalue weighted by Gasteiger charge is 2.26. The SMILES string of the molecule is O=C(O)c1cc(F)ccc1N1CCC(c2ccccc2)C1. The van der Waals surface area contributed by atoms with E-state index in [-0.39, 0.29) is 5.56 Å². The molecule has 1 aliphatic rings. The zero-order valence-corrected chi connectivity index (χ0v) is 11.5. The van der Waals surface area contributed by atoms with Gasteiger partial charge in [0.2, 0.25) is 0 Å². The zero-order chi connectivity index (χ0) is 14.8. The van der Waals surface area contributed by atoms with E-state index in [0.717, 1.165) is 25.6 Å². The average molecular weight is 285 g/mol. The van der Waals surface area contributed by atoms with Crippen LogP contribution in [0.25, 0.3) is 0 Å². The highest BCUT2D eigenvalue weighted by atomic mass is 19.1. The summed E-state index contributed by atoms with van der Waals surface area (Å²) in [6.07, 6.45) is 0.973. The molecule has 0 aliphatic carbocycles. The third-order valence-electron chi connectivity index (χ3n) is 3.99. The van der Waals surface area contributed by atoms with Crippen molar-refractivity contribution in [2.24, 2.45) is 0 Å². The first-order chi connectivity index (χ1) is 10.1. The maximum absolute atomic E-state index is 13.3. The van der Waals surface area contributed by atoms with Gasteiger partial charge in [0.15, 0.2) is 0 Å². The second kappa shape index (κ2) is 5.56. The van der Waals surface area contributed by atoms with Crippen molar-refractivity contribution in [2.45, 2.75) is 12.3 Å². The van der Waals surface area contributed by atoms with Gasteiger partial charge in [0.25, 0.3) is 0 Å². The van der Waals surface area contributed by atoms with E-state index < -0.39 is 11.8 Å². The molecule has 0 spiro atoms. The average Bonchev–Trinajstić information content (AvgIpc) is 2.97. The van der Waals surface area contributed by atoms with Gasteiger partial charge in [-0.2, -0.15) is 0 Å². The number of hydrogen-bond donors (Lipinski definition) is 1. The summed E-state index contributed by atoms with van der Waals surface area (Å²) in [5.41, 5.74) is 1.89. The van der Waals surface area contributed by atoms with Crippen molar-refractivity contribution in [1.29, 1.82) is 0 Å². The molecule has 0 radical (unpaired) electrons. The Labute approximate surface area is 122 Å². The van der Waals surface area contributed by atoms with Gasteiger partial charge < -0.3 is 10.0 Å². The Bertz CT molecular complexity index is 657. The molecule has 108 valence electrons. The van der Waals surface area contributed by atoms with Crippen LogP contribution in [0.2, 0.25) is 0 Å². The topological polar surface area (TPSA) is 40.5 Å². The Kier molecular flexibility index (Phi) is 3.60. The van der Waals surface area contributed by atoms with Gasteiger partial charge in [-0.15, -0.1) is 0 Å². The highest BCUT2D eigenvalue weighted by molar-refractivity contribution is 5.94. The van der Waals surface area contributed by atoms with Crippen molar-refractivity contribution < 1.29 is 14.3 Å². The van der Waals surface area contributed by atoms with Gasteiger partial charge in [-0.3, -0.25) is 0 Å². The molecule has 3 rings (SSSR count). The van der Waals surface area contributed by atoms with Crippen molar-refractivity contribution in [3.05, 3.63) is 65.5 Å². The van der Waals surface area contributed by atoms with Crippen LogP contribution in [0.4, 0.5) is 10.1 Å². The minimum absolute atomic E-state index is 0.0312. The van der Waals surface area contributed by atoms with Gasteiger partial charge in [-0.25, -0.2) is 9.18 Å². The molecule has 1 unspecified atom stereocenters. The van der Waals surface area contributed by atoms with E-state index in [0.29, 0.717) is 11.6 Å². The number of nitrogens with zero attached hydrogens (tertiary/aromatic N) is 1. The van der Waals surface area contributed by atoms with Crippen molar-refractivity contribution in [3.8, 4) is 0 Å². The Morgan fingerprint density at radius 1 is 1.19 bits per heavy atom. The number of aromatic carboxylic acids is 1. The predicted octanol–water partition coefficient (Wildman–Crippen LogP) is 3.52. The number of benzene rings is 2. The molecule has 0 saturated carbocycles. The lowest BCUT2D eigenvalue weighted by molar-refractivity contribution is 0.0697. The van der Waals surface area contributed by atoms with Crippen LogP contribution in [0.3, 0.4) is 0 Å². The van der Waals surface area contributed by atoms with E-state index >= 15 is 0 Å². The van der Waals surface area contributed by atoms with Gasteiger partial charge in [-0.1, -0.05) is 30.3 Å². The molecule has 21 heavy (non-hydrogen) atoms. The van der Waals surface area contributed by atoms with Gasteiger partial charge in [0, 0.05) is 19.0 Å². The molecule has 0 aromatic heterocycles. The molecule has 1 atom stereocenters. The number of carboxylic acid groups (broad SMARTS) is 1. The zero-order valence-electron chi connectivity index (χ0n) is 11.5. The molecular weight excluding hydrogens is 269 g/mol. The summed E-state index contributed by atoms with van der Waals surface area (Å²) >= 11 is 0. The van der Waals surface area contributed by atoms with Gasteiger partial charge in [0.05, 0.1) is 11.3 Å². The summed E-state index contributed by atoms with van der Waals surface area (Å²) in [6.45, 7) is 1.54. The number of anilines is 1. The maximum atomic E-state index is 13.3. The molecule has 1 aliphatic heterocycles. The third-order valence-corrected chi connectivity index (χ3v) is 3.99. The Balaban J connectivity index is 1.85. The van der Waals surface area contributed by atoms with Crippen LogP contribution in [0.15, 0.2) is 48.5 Å². The maximum Gasteiger partial charge on any atom is 0.337 e. The summed E-state index contributed by atoms with van der Waals surface area (Å²) in [5.74, 6) is -1.22. The van der Waals surface area contributed by atoms with Crippen LogP contribution in [0.5, 0.6) is 0 Å². The minimum atomic E-state index is -1.09. The largest absolute Gasteiger partial charge is 0.478 e. The first-order valence-electron chi connectivity index (χ1n) is 6.98. The molecule has 0 amide bonds. The summed E-state index contributed by atoms with van der Waals surface area (Å²) in [4.78, 5) is 13.3. The van der Waals surface area contributed by atoms with Crippen molar-refractivity contribution in [3.63, 3.8) is 0 Å². The van der Waals surface area contributed by atoms with E-state index in [1.54, 1.807) is 6.07 Å². The molecule has 1 heterocycles.